The van der Waals surface area contributed by atoms with E-state index >= 15 is 0 Å². The number of methoxy groups -OCH3 is 1. The van der Waals surface area contributed by atoms with Gasteiger partial charge in [-0.25, -0.2) is 0 Å². The summed E-state index contributed by atoms with van der Waals surface area (Å²) in [4.78, 5) is 5.36. The predicted octanol–water partition coefficient (Wildman–Crippen LogP) is 0.378. The van der Waals surface area contributed by atoms with Crippen LogP contribution < -0.4 is 16.2 Å². The van der Waals surface area contributed by atoms with Crippen LogP contribution in [-0.2, 0) is 6.42 Å². The van der Waals surface area contributed by atoms with Crippen molar-refractivity contribution in [2.45, 2.75) is 6.42 Å². The van der Waals surface area contributed by atoms with E-state index in [-0.39, 0.29) is 11.9 Å². The number of nitrogens with zero attached hydrogens (tertiary/aromatic N) is 2. The first-order valence-corrected chi connectivity index (χ1v) is 5.55. The van der Waals surface area contributed by atoms with E-state index < -0.39 is 0 Å². The molecule has 0 saturated carbocycles. The second-order valence-electron chi connectivity index (χ2n) is 3.88. The molecule has 0 aliphatic heterocycles. The topological polar surface area (TPSA) is 101 Å². The highest BCUT2D eigenvalue weighted by Crippen LogP contribution is 2.11. The summed E-state index contributed by atoms with van der Waals surface area (Å²) in [6, 6.07) is 7.82. The third kappa shape index (κ3) is 4.32. The van der Waals surface area contributed by atoms with Crippen molar-refractivity contribution in [2.24, 2.45) is 16.5 Å². The van der Waals surface area contributed by atoms with Gasteiger partial charge in [0.25, 0.3) is 0 Å². The Balaban J connectivity index is 2.49. The van der Waals surface area contributed by atoms with Crippen LogP contribution >= 0.6 is 0 Å². The Morgan fingerprint density at radius 3 is 2.44 bits per heavy atom. The molecule has 1 aromatic rings. The zero-order valence-electron chi connectivity index (χ0n) is 10.7. The van der Waals surface area contributed by atoms with Crippen LogP contribution in [0.1, 0.15) is 5.56 Å². The SMILES string of the molecule is COc1ccc(CCN(C)C(=N)N=C(N)N)cc1. The van der Waals surface area contributed by atoms with Gasteiger partial charge in [-0.05, 0) is 24.1 Å². The molecule has 0 fully saturated rings. The van der Waals surface area contributed by atoms with Crippen molar-refractivity contribution in [2.75, 3.05) is 20.7 Å². The molecule has 0 saturated heterocycles. The lowest BCUT2D eigenvalue weighted by molar-refractivity contribution is 0.414. The van der Waals surface area contributed by atoms with E-state index in [2.05, 4.69) is 4.99 Å². The molecule has 6 heteroatoms. The van der Waals surface area contributed by atoms with E-state index in [1.165, 1.54) is 5.56 Å². The second-order valence-corrected chi connectivity index (χ2v) is 3.88. The fourth-order valence-corrected chi connectivity index (χ4v) is 1.40. The summed E-state index contributed by atoms with van der Waals surface area (Å²) in [6.45, 7) is 0.669. The molecule has 0 aliphatic carbocycles. The molecule has 1 rings (SSSR count). The summed E-state index contributed by atoms with van der Waals surface area (Å²) in [7, 11) is 3.41. The van der Waals surface area contributed by atoms with E-state index in [4.69, 9.17) is 21.6 Å². The zero-order valence-corrected chi connectivity index (χ0v) is 10.7. The van der Waals surface area contributed by atoms with Crippen molar-refractivity contribution in [3.05, 3.63) is 29.8 Å². The van der Waals surface area contributed by atoms with Gasteiger partial charge < -0.3 is 21.1 Å². The number of hydrogen-bond donors (Lipinski definition) is 3. The molecule has 98 valence electrons. The van der Waals surface area contributed by atoms with E-state index in [1.54, 1.807) is 19.1 Å². The number of rotatable bonds is 4. The van der Waals surface area contributed by atoms with Crippen molar-refractivity contribution in [3.8, 4) is 5.75 Å². The highest BCUT2D eigenvalue weighted by atomic mass is 16.5. The smallest absolute Gasteiger partial charge is 0.220 e. The van der Waals surface area contributed by atoms with Crippen molar-refractivity contribution in [1.82, 2.24) is 4.90 Å². The minimum Gasteiger partial charge on any atom is -0.497 e. The number of benzene rings is 1. The van der Waals surface area contributed by atoms with Crippen molar-refractivity contribution >= 4 is 11.9 Å². The molecule has 0 unspecified atom stereocenters. The number of guanidine groups is 2. The molecule has 0 amide bonds. The maximum Gasteiger partial charge on any atom is 0.220 e. The third-order valence-electron chi connectivity index (χ3n) is 2.49. The lowest BCUT2D eigenvalue weighted by atomic mass is 10.1. The number of aliphatic imine (C=N–C) groups is 1. The second kappa shape index (κ2) is 6.48. The van der Waals surface area contributed by atoms with Gasteiger partial charge in [0.1, 0.15) is 5.75 Å². The van der Waals surface area contributed by atoms with E-state index in [1.807, 2.05) is 24.3 Å². The first kappa shape index (κ1) is 13.8. The average Bonchev–Trinajstić information content (AvgIpc) is 2.35. The number of nitrogens with one attached hydrogen (secondary N) is 1. The molecular formula is C12H19N5O. The van der Waals surface area contributed by atoms with E-state index in [0.29, 0.717) is 6.54 Å². The fourth-order valence-electron chi connectivity index (χ4n) is 1.40. The molecular weight excluding hydrogens is 230 g/mol. The van der Waals surface area contributed by atoms with Gasteiger partial charge in [0, 0.05) is 13.6 Å². The van der Waals surface area contributed by atoms with Crippen molar-refractivity contribution in [1.29, 1.82) is 5.41 Å². The molecule has 0 spiro atoms. The standard InChI is InChI=1S/C12H19N5O/c1-17(12(15)16-11(13)14)8-7-9-3-5-10(18-2)6-4-9/h3-6H,7-8H2,1-2H3,(H5,13,14,15,16). The van der Waals surface area contributed by atoms with Crippen molar-refractivity contribution in [3.63, 3.8) is 0 Å². The molecule has 0 aliphatic rings. The Bertz CT molecular complexity index is 423. The number of hydrogen-bond acceptors (Lipinski definition) is 2. The first-order valence-electron chi connectivity index (χ1n) is 5.55. The van der Waals surface area contributed by atoms with Gasteiger partial charge in [0.15, 0.2) is 5.96 Å². The van der Waals surface area contributed by atoms with Crippen LogP contribution in [0.25, 0.3) is 0 Å². The summed E-state index contributed by atoms with van der Waals surface area (Å²) in [5, 5.41) is 7.61. The van der Waals surface area contributed by atoms with Crippen LogP contribution in [-0.4, -0.2) is 37.5 Å². The molecule has 0 heterocycles. The number of likely N-dealkylation sites (N-methyl/N-ethyl adjacent to an activating group) is 1. The highest BCUT2D eigenvalue weighted by Gasteiger charge is 2.03. The van der Waals surface area contributed by atoms with Crippen LogP contribution in [0, 0.1) is 5.41 Å². The zero-order chi connectivity index (χ0) is 13.5. The Morgan fingerprint density at radius 1 is 1.33 bits per heavy atom. The molecule has 0 bridgehead atoms. The Labute approximate surface area is 107 Å². The van der Waals surface area contributed by atoms with Crippen LogP contribution in [0.3, 0.4) is 0 Å². The van der Waals surface area contributed by atoms with Gasteiger partial charge in [0.05, 0.1) is 7.11 Å². The summed E-state index contributed by atoms with van der Waals surface area (Å²) in [6.07, 6.45) is 0.808. The van der Waals surface area contributed by atoms with E-state index in [0.717, 1.165) is 12.2 Å². The quantitative estimate of drug-likeness (QED) is 0.530. The maximum absolute atomic E-state index is 7.61. The average molecular weight is 249 g/mol. The molecule has 0 aromatic heterocycles. The fraction of sp³-hybridized carbons (Fsp3) is 0.333. The molecule has 5 N–H and O–H groups in total. The number of ether oxygens (including phenoxy) is 1. The lowest BCUT2D eigenvalue weighted by Gasteiger charge is -2.16. The van der Waals surface area contributed by atoms with Gasteiger partial charge in [0.2, 0.25) is 5.96 Å². The summed E-state index contributed by atoms with van der Waals surface area (Å²) < 4.78 is 5.09. The monoisotopic (exact) mass is 249 g/mol. The molecule has 6 nitrogen and oxygen atoms in total. The molecule has 18 heavy (non-hydrogen) atoms. The third-order valence-corrected chi connectivity index (χ3v) is 2.49. The molecule has 0 atom stereocenters. The largest absolute Gasteiger partial charge is 0.497 e. The van der Waals surface area contributed by atoms with E-state index in [9.17, 15) is 0 Å². The number of nitrogens with two attached hydrogens (primary N) is 2. The van der Waals surface area contributed by atoms with Crippen LogP contribution in [0.15, 0.2) is 29.3 Å². The first-order chi connectivity index (χ1) is 8.52. The van der Waals surface area contributed by atoms with Gasteiger partial charge in [-0.3, -0.25) is 5.41 Å². The minimum absolute atomic E-state index is 0.0588. The molecule has 1 aromatic carbocycles. The van der Waals surface area contributed by atoms with Crippen LogP contribution in [0.5, 0.6) is 5.75 Å². The van der Waals surface area contributed by atoms with Crippen molar-refractivity contribution < 1.29 is 4.74 Å². The normalized spacial score (nSPS) is 9.67. The van der Waals surface area contributed by atoms with Gasteiger partial charge in [-0.2, -0.15) is 4.99 Å². The van der Waals surface area contributed by atoms with Gasteiger partial charge >= 0.3 is 0 Å². The maximum atomic E-state index is 7.61. The summed E-state index contributed by atoms with van der Waals surface area (Å²) in [5.41, 5.74) is 11.6. The minimum atomic E-state index is -0.101. The Morgan fingerprint density at radius 2 is 1.94 bits per heavy atom. The summed E-state index contributed by atoms with van der Waals surface area (Å²) in [5.74, 6) is 0.792. The summed E-state index contributed by atoms with van der Waals surface area (Å²) >= 11 is 0. The Hall–Kier alpha value is -2.24. The van der Waals surface area contributed by atoms with Crippen LogP contribution in [0.2, 0.25) is 0 Å². The van der Waals surface area contributed by atoms with Crippen LogP contribution in [0.4, 0.5) is 0 Å². The Kier molecular flexibility index (Phi) is 4.98. The highest BCUT2D eigenvalue weighted by molar-refractivity contribution is 5.91. The molecule has 0 radical (unpaired) electrons. The van der Waals surface area contributed by atoms with Gasteiger partial charge in [-0.15, -0.1) is 0 Å². The lowest BCUT2D eigenvalue weighted by Crippen LogP contribution is -2.31. The predicted molar refractivity (Wildman–Crippen MR) is 72.9 cm³/mol. The van der Waals surface area contributed by atoms with Gasteiger partial charge in [-0.1, -0.05) is 12.1 Å².